The quantitative estimate of drug-likeness (QED) is 0.165. The van der Waals surface area contributed by atoms with Gasteiger partial charge in [-0.1, -0.05) is 183 Å². The summed E-state index contributed by atoms with van der Waals surface area (Å²) in [5.41, 5.74) is 8.31. The van der Waals surface area contributed by atoms with E-state index in [4.69, 9.17) is 0 Å². The van der Waals surface area contributed by atoms with Crippen molar-refractivity contribution in [1.29, 1.82) is 0 Å². The molecule has 0 saturated heterocycles. The Balaban J connectivity index is 1.03. The Morgan fingerprint density at radius 2 is 0.571 bits per heavy atom. The molecule has 14 atom stereocenters. The van der Waals surface area contributed by atoms with Crippen molar-refractivity contribution in [3.63, 3.8) is 0 Å². The van der Waals surface area contributed by atoms with Gasteiger partial charge in [0.05, 0.1) is 0 Å². The molecule has 2 nitrogen and oxygen atoms in total. The van der Waals surface area contributed by atoms with Crippen molar-refractivity contribution in [3.8, 4) is 22.3 Å². The lowest BCUT2D eigenvalue weighted by Crippen LogP contribution is -2.52. The average Bonchev–Trinajstić information content (AvgIpc) is 3.86. The van der Waals surface area contributed by atoms with Gasteiger partial charge in [-0.05, 0) is 187 Å². The van der Waals surface area contributed by atoms with Crippen molar-refractivity contribution in [3.05, 3.63) is 169 Å². The molecule has 7 saturated carbocycles. The molecule has 7 aliphatic rings. The Bertz CT molecular complexity index is 3050. The predicted molar refractivity (Wildman–Crippen MR) is 287 cm³/mol. The summed E-state index contributed by atoms with van der Waals surface area (Å²) >= 11 is 0. The van der Waals surface area contributed by atoms with Crippen molar-refractivity contribution in [2.24, 2.45) is 71.0 Å². The minimum atomic E-state index is 0.149. The van der Waals surface area contributed by atoms with Crippen molar-refractivity contribution in [1.82, 2.24) is 0 Å². The Hall–Kier alpha value is -5.86. The second kappa shape index (κ2) is 16.3. The zero-order valence-corrected chi connectivity index (χ0v) is 40.4. The number of benzene rings is 8. The highest BCUT2D eigenvalue weighted by Crippen LogP contribution is 2.71. The first-order valence-corrected chi connectivity index (χ1v) is 27.7. The van der Waals surface area contributed by atoms with Gasteiger partial charge in [0.15, 0.2) is 0 Å². The van der Waals surface area contributed by atoms with Crippen LogP contribution in [0.4, 0.5) is 0 Å². The molecule has 0 N–H and O–H groups in total. The summed E-state index contributed by atoms with van der Waals surface area (Å²) in [6, 6.07) is 59.9. The molecule has 0 radical (unpaired) electrons. The monoisotopic (exact) mass is 912 g/mol. The van der Waals surface area contributed by atoms with Crippen LogP contribution in [0.25, 0.3) is 65.3 Å². The van der Waals surface area contributed by atoms with Crippen molar-refractivity contribution < 1.29 is 9.59 Å². The maximum absolute atomic E-state index is 15.2. The summed E-state index contributed by atoms with van der Waals surface area (Å²) in [4.78, 5) is 30.4. The van der Waals surface area contributed by atoms with E-state index in [1.807, 2.05) is 0 Å². The van der Waals surface area contributed by atoms with E-state index in [0.717, 1.165) is 38.5 Å². The number of carbonyl (C=O) groups excluding carboxylic acids is 2. The lowest BCUT2D eigenvalue weighted by Gasteiger charge is -2.60. The van der Waals surface area contributed by atoms with Crippen LogP contribution in [0.1, 0.15) is 100 Å². The van der Waals surface area contributed by atoms with Crippen LogP contribution in [0.3, 0.4) is 0 Å². The molecule has 2 heteroatoms. The highest BCUT2D eigenvalue weighted by molar-refractivity contribution is 6.17. The highest BCUT2D eigenvalue weighted by Gasteiger charge is 2.64. The van der Waals surface area contributed by atoms with Gasteiger partial charge < -0.3 is 0 Å². The normalized spacial score (nSPS) is 33.4. The van der Waals surface area contributed by atoms with E-state index in [2.05, 4.69) is 158 Å². The van der Waals surface area contributed by atoms with Crippen LogP contribution >= 0.6 is 0 Å². The van der Waals surface area contributed by atoms with Gasteiger partial charge in [-0.15, -0.1) is 0 Å². The second-order valence-corrected chi connectivity index (χ2v) is 23.6. The maximum atomic E-state index is 15.2. The minimum absolute atomic E-state index is 0.149. The smallest absolute Gasteiger partial charge is 0.139 e. The van der Waals surface area contributed by atoms with Crippen LogP contribution in [-0.2, 0) is 9.59 Å². The van der Waals surface area contributed by atoms with Gasteiger partial charge in [-0.3, -0.25) is 9.59 Å². The third-order valence-corrected chi connectivity index (χ3v) is 21.1. The molecule has 0 aliphatic heterocycles. The molecule has 0 bridgehead atoms. The van der Waals surface area contributed by atoms with E-state index >= 15 is 9.59 Å². The van der Waals surface area contributed by atoms with Gasteiger partial charge >= 0.3 is 0 Å². The summed E-state index contributed by atoms with van der Waals surface area (Å²) in [6.45, 7) is 0. The fourth-order valence-corrected chi connectivity index (χ4v) is 18.8. The summed E-state index contributed by atoms with van der Waals surface area (Å²) in [5.74, 6) is 5.95. The Labute approximate surface area is 413 Å². The zero-order valence-electron chi connectivity index (χ0n) is 40.4. The van der Waals surface area contributed by atoms with Gasteiger partial charge in [0, 0.05) is 23.7 Å². The minimum Gasteiger partial charge on any atom is -0.299 e. The van der Waals surface area contributed by atoms with Crippen molar-refractivity contribution in [2.75, 3.05) is 0 Å². The molecular formula is C68H64O2. The van der Waals surface area contributed by atoms with Crippen LogP contribution in [-0.4, -0.2) is 11.6 Å². The molecule has 0 spiro atoms. The van der Waals surface area contributed by atoms with Gasteiger partial charge in [0.2, 0.25) is 0 Å². The molecule has 0 aromatic heterocycles. The average molecular weight is 913 g/mol. The maximum Gasteiger partial charge on any atom is 0.139 e. The lowest BCUT2D eigenvalue weighted by atomic mass is 9.44. The van der Waals surface area contributed by atoms with E-state index in [1.54, 1.807) is 11.1 Å². The van der Waals surface area contributed by atoms with E-state index in [9.17, 15) is 0 Å². The number of ketones is 2. The lowest BCUT2D eigenvalue weighted by molar-refractivity contribution is -0.130. The standard InChI is InChI=1S/C68H64O2/c69-67-52-34-18-8-24-42(52)54-36-56-57(37-59(54)67)65(63-47-29-13-9-25-43(47)61(39-19-3-1-4-20-39)44-26-10-14-30-48(44)63)55-35-53-41-23-7-17-33-51(41)68(70)60(53)38-58(55)66(56)64-49-31-15-11-27-45(49)62(40-21-5-2-6-22-40)46-28-12-16-32-50(46)64/h1-6,9-16,19-22,25-32,41-42,51-60,65-66H,7-8,17-18,23-24,33-38H2. The van der Waals surface area contributed by atoms with Gasteiger partial charge in [0.1, 0.15) is 11.6 Å². The predicted octanol–water partition coefficient (Wildman–Crippen LogP) is 16.8. The molecule has 8 aromatic rings. The molecule has 0 heterocycles. The Morgan fingerprint density at radius 1 is 0.271 bits per heavy atom. The summed E-state index contributed by atoms with van der Waals surface area (Å²) in [6.07, 6.45) is 13.8. The molecule has 14 unspecified atom stereocenters. The molecule has 8 aromatic carbocycles. The summed E-state index contributed by atoms with van der Waals surface area (Å²) < 4.78 is 0. The first kappa shape index (κ1) is 41.9. The molecule has 0 amide bonds. The third-order valence-electron chi connectivity index (χ3n) is 21.1. The number of carbonyl (C=O) groups is 2. The van der Waals surface area contributed by atoms with Crippen LogP contribution in [0.5, 0.6) is 0 Å². The van der Waals surface area contributed by atoms with E-state index in [1.165, 1.54) is 104 Å². The Kier molecular flexibility index (Phi) is 9.78. The first-order valence-electron chi connectivity index (χ1n) is 27.7. The first-order chi connectivity index (χ1) is 34.6. The molecule has 7 fully saturated rings. The topological polar surface area (TPSA) is 34.1 Å². The summed E-state index contributed by atoms with van der Waals surface area (Å²) in [5, 5.41) is 11.0. The Morgan fingerprint density at radius 3 is 0.929 bits per heavy atom. The number of Topliss-reactive ketones (excluding diaryl/α,β-unsaturated/α-hetero) is 2. The van der Waals surface area contributed by atoms with E-state index in [0.29, 0.717) is 58.9 Å². The number of fused-ring (bicyclic) bond motifs is 12. The van der Waals surface area contributed by atoms with Gasteiger partial charge in [0.25, 0.3) is 0 Å². The van der Waals surface area contributed by atoms with Gasteiger partial charge in [-0.25, -0.2) is 0 Å². The fourth-order valence-electron chi connectivity index (χ4n) is 18.8. The van der Waals surface area contributed by atoms with Crippen LogP contribution in [0.15, 0.2) is 158 Å². The van der Waals surface area contributed by atoms with Crippen LogP contribution < -0.4 is 0 Å². The van der Waals surface area contributed by atoms with Crippen molar-refractivity contribution in [2.45, 2.75) is 88.9 Å². The van der Waals surface area contributed by atoms with Crippen molar-refractivity contribution >= 4 is 54.7 Å². The third kappa shape index (κ3) is 6.04. The molecule has 7 aliphatic carbocycles. The zero-order chi connectivity index (χ0) is 46.2. The second-order valence-electron chi connectivity index (χ2n) is 23.6. The number of rotatable bonds is 4. The summed E-state index contributed by atoms with van der Waals surface area (Å²) in [7, 11) is 0. The van der Waals surface area contributed by atoms with Gasteiger partial charge in [-0.2, -0.15) is 0 Å². The van der Waals surface area contributed by atoms with E-state index < -0.39 is 0 Å². The number of hydrogen-bond acceptors (Lipinski definition) is 2. The highest BCUT2D eigenvalue weighted by atomic mass is 16.1. The SMILES string of the molecule is O=C1C2CCCCC2C2CC3C(CC12)C(c1c2ccccc2c(-c2ccccc2)c2ccccc12)C1CC2C(CC1C3c1c3ccccc3c(-c3ccccc3)c3ccccc13)C(=O)C1CCCCC12. The molecular weight excluding hydrogens is 849 g/mol. The molecule has 15 rings (SSSR count). The van der Waals surface area contributed by atoms with Crippen LogP contribution in [0.2, 0.25) is 0 Å². The molecule has 70 heavy (non-hydrogen) atoms. The molecule has 348 valence electrons. The number of hydrogen-bond donors (Lipinski definition) is 0. The van der Waals surface area contributed by atoms with E-state index in [-0.39, 0.29) is 35.5 Å². The fraction of sp³-hybridized carbons (Fsp3) is 0.382. The van der Waals surface area contributed by atoms with Crippen LogP contribution in [0, 0.1) is 71.0 Å². The largest absolute Gasteiger partial charge is 0.299 e.